The molecule has 19 heavy (non-hydrogen) atoms. The van der Waals surface area contributed by atoms with Crippen molar-refractivity contribution in [1.82, 2.24) is 9.99 Å². The predicted octanol–water partition coefficient (Wildman–Crippen LogP) is 2.15. The fourth-order valence-electron chi connectivity index (χ4n) is 1.35. The summed E-state index contributed by atoms with van der Waals surface area (Å²) >= 11 is 6.20. The fraction of sp³-hybridized carbons (Fsp3) is 0.182. The van der Waals surface area contributed by atoms with Crippen molar-refractivity contribution in [2.75, 3.05) is 5.73 Å². The minimum absolute atomic E-state index is 0.332. The molecule has 0 spiro atoms. The van der Waals surface area contributed by atoms with Gasteiger partial charge in [-0.2, -0.15) is 5.10 Å². The second kappa shape index (κ2) is 5.37. The number of nitrogen functional groups attached to an aromatic ring is 1. The van der Waals surface area contributed by atoms with Crippen LogP contribution in [0.1, 0.15) is 22.4 Å². The van der Waals surface area contributed by atoms with Crippen molar-refractivity contribution < 1.29 is 9.21 Å². The minimum Gasteiger partial charge on any atom is -0.463 e. The normalized spacial score (nSPS) is 11.6. The first-order chi connectivity index (χ1) is 9.00. The molecule has 100 valence electrons. The third-order valence-corrected chi connectivity index (χ3v) is 4.04. The molecule has 0 unspecified atom stereocenters. The highest BCUT2D eigenvalue weighted by atomic mass is 32.1. The van der Waals surface area contributed by atoms with Crippen LogP contribution in [0.25, 0.3) is 0 Å². The van der Waals surface area contributed by atoms with Crippen LogP contribution in [0.4, 0.5) is 5.82 Å². The van der Waals surface area contributed by atoms with Gasteiger partial charge in [0.05, 0.1) is 6.26 Å². The molecule has 0 saturated carbocycles. The molecule has 0 atom stereocenters. The molecule has 0 saturated heterocycles. The van der Waals surface area contributed by atoms with Crippen LogP contribution in [0, 0.1) is 3.95 Å². The molecule has 0 radical (unpaired) electrons. The third-order valence-electron chi connectivity index (χ3n) is 2.47. The van der Waals surface area contributed by atoms with Crippen molar-refractivity contribution in [3.63, 3.8) is 0 Å². The second-order valence-corrected chi connectivity index (χ2v) is 5.40. The van der Waals surface area contributed by atoms with Gasteiger partial charge in [-0.15, -0.1) is 0 Å². The third kappa shape index (κ3) is 2.74. The van der Waals surface area contributed by atoms with Crippen LogP contribution in [0.3, 0.4) is 0 Å². The molecule has 0 aromatic carbocycles. The molecule has 2 rings (SSSR count). The summed E-state index contributed by atoms with van der Waals surface area (Å²) in [6, 6.07) is 3.50. The van der Waals surface area contributed by atoms with E-state index in [2.05, 4.69) is 10.5 Å². The molecule has 0 aliphatic rings. The van der Waals surface area contributed by atoms with E-state index in [4.69, 9.17) is 22.4 Å². The number of hydrogen-bond donors (Lipinski definition) is 2. The van der Waals surface area contributed by atoms with Crippen molar-refractivity contribution in [2.24, 2.45) is 12.1 Å². The van der Waals surface area contributed by atoms with E-state index < -0.39 is 0 Å². The zero-order chi connectivity index (χ0) is 14.0. The molecular weight excluding hydrogens is 284 g/mol. The summed E-state index contributed by atoms with van der Waals surface area (Å²) < 4.78 is 7.27. The lowest BCUT2D eigenvalue weighted by Gasteiger charge is -2.00. The maximum absolute atomic E-state index is 11.9. The largest absolute Gasteiger partial charge is 0.463 e. The van der Waals surface area contributed by atoms with Gasteiger partial charge in [0.15, 0.2) is 3.95 Å². The molecule has 6 nitrogen and oxygen atoms in total. The Kier molecular flexibility index (Phi) is 3.82. The monoisotopic (exact) mass is 296 g/mol. The van der Waals surface area contributed by atoms with Gasteiger partial charge in [0, 0.05) is 7.05 Å². The summed E-state index contributed by atoms with van der Waals surface area (Å²) in [5, 5.41) is 3.95. The highest BCUT2D eigenvalue weighted by molar-refractivity contribution is 7.73. The highest BCUT2D eigenvalue weighted by Crippen LogP contribution is 2.20. The molecule has 2 aromatic rings. The highest BCUT2D eigenvalue weighted by Gasteiger charge is 2.15. The number of nitrogens with zero attached hydrogens (tertiary/aromatic N) is 2. The van der Waals surface area contributed by atoms with E-state index in [1.54, 1.807) is 30.7 Å². The average Bonchev–Trinajstić information content (AvgIpc) is 3.00. The van der Waals surface area contributed by atoms with Gasteiger partial charge in [-0.3, -0.25) is 4.79 Å². The van der Waals surface area contributed by atoms with E-state index in [0.717, 1.165) is 11.3 Å². The molecule has 0 bridgehead atoms. The molecular formula is C11H12N4O2S2. The van der Waals surface area contributed by atoms with Gasteiger partial charge in [0.1, 0.15) is 22.2 Å². The fourth-order valence-corrected chi connectivity index (χ4v) is 2.48. The number of hydrogen-bond acceptors (Lipinski definition) is 6. The Morgan fingerprint density at radius 3 is 2.89 bits per heavy atom. The van der Waals surface area contributed by atoms with Crippen LogP contribution in [0.15, 0.2) is 27.9 Å². The van der Waals surface area contributed by atoms with Gasteiger partial charge in [-0.1, -0.05) is 11.3 Å². The van der Waals surface area contributed by atoms with E-state index >= 15 is 0 Å². The number of thiazole rings is 1. The van der Waals surface area contributed by atoms with Gasteiger partial charge in [-0.05, 0) is 31.3 Å². The lowest BCUT2D eigenvalue weighted by atomic mass is 10.3. The number of amides is 1. The van der Waals surface area contributed by atoms with Crippen LogP contribution >= 0.6 is 23.6 Å². The number of furan rings is 1. The van der Waals surface area contributed by atoms with E-state index in [0.29, 0.717) is 26.1 Å². The Morgan fingerprint density at radius 1 is 1.63 bits per heavy atom. The van der Waals surface area contributed by atoms with Crippen LogP contribution in [-0.2, 0) is 7.05 Å². The number of aromatic nitrogens is 1. The number of anilines is 1. The first-order valence-corrected chi connectivity index (χ1v) is 6.57. The zero-order valence-electron chi connectivity index (χ0n) is 10.3. The summed E-state index contributed by atoms with van der Waals surface area (Å²) in [5.74, 6) is 0.535. The van der Waals surface area contributed by atoms with Crippen LogP contribution in [-0.4, -0.2) is 16.2 Å². The molecule has 2 heterocycles. The van der Waals surface area contributed by atoms with Crippen LogP contribution < -0.4 is 11.2 Å². The number of nitrogens with two attached hydrogens (primary N) is 1. The number of carbonyl (C=O) groups is 1. The Balaban J connectivity index is 2.16. The average molecular weight is 296 g/mol. The van der Waals surface area contributed by atoms with Crippen molar-refractivity contribution in [3.8, 4) is 0 Å². The van der Waals surface area contributed by atoms with Crippen molar-refractivity contribution in [2.45, 2.75) is 6.92 Å². The molecule has 0 aliphatic carbocycles. The Hall–Kier alpha value is -1.93. The summed E-state index contributed by atoms with van der Waals surface area (Å²) in [7, 11) is 1.71. The van der Waals surface area contributed by atoms with Crippen molar-refractivity contribution in [3.05, 3.63) is 33.0 Å². The van der Waals surface area contributed by atoms with Crippen LogP contribution in [0.5, 0.6) is 0 Å². The number of rotatable bonds is 3. The standard InChI is InChI=1S/C11H12N4O2S2/c1-6(7-4-3-5-17-7)13-14-10(16)8-9(12)15(2)11(18)19-8/h3-5H,12H2,1-2H3,(H,14,16)/b13-6+. The van der Waals surface area contributed by atoms with Crippen molar-refractivity contribution in [1.29, 1.82) is 0 Å². The summed E-state index contributed by atoms with van der Waals surface area (Å²) in [4.78, 5) is 12.3. The van der Waals surface area contributed by atoms with Crippen molar-refractivity contribution >= 4 is 41.0 Å². The van der Waals surface area contributed by atoms with Gasteiger partial charge >= 0.3 is 0 Å². The minimum atomic E-state index is -0.389. The molecule has 8 heteroatoms. The molecule has 1 amide bonds. The molecule has 0 aliphatic heterocycles. The Labute approximate surface area is 118 Å². The van der Waals surface area contributed by atoms with E-state index in [9.17, 15) is 4.79 Å². The lowest BCUT2D eigenvalue weighted by molar-refractivity contribution is 0.0959. The maximum Gasteiger partial charge on any atom is 0.285 e. The van der Waals surface area contributed by atoms with Crippen LogP contribution in [0.2, 0.25) is 0 Å². The van der Waals surface area contributed by atoms with Gasteiger partial charge in [0.25, 0.3) is 5.91 Å². The maximum atomic E-state index is 11.9. The first-order valence-electron chi connectivity index (χ1n) is 5.34. The topological polar surface area (TPSA) is 85.5 Å². The summed E-state index contributed by atoms with van der Waals surface area (Å²) in [6.45, 7) is 1.73. The molecule has 3 N–H and O–H groups in total. The summed E-state index contributed by atoms with van der Waals surface area (Å²) in [5.41, 5.74) is 8.78. The number of carbonyl (C=O) groups excluding carboxylic acids is 1. The Bertz CT molecular complexity index is 682. The van der Waals surface area contributed by atoms with E-state index in [1.807, 2.05) is 0 Å². The predicted molar refractivity (Wildman–Crippen MR) is 76.9 cm³/mol. The zero-order valence-corrected chi connectivity index (χ0v) is 12.0. The molecule has 2 aromatic heterocycles. The van der Waals surface area contributed by atoms with Gasteiger partial charge in [-0.25, -0.2) is 5.43 Å². The Morgan fingerprint density at radius 2 is 2.37 bits per heavy atom. The number of nitrogens with one attached hydrogen (secondary N) is 1. The smallest absolute Gasteiger partial charge is 0.285 e. The van der Waals surface area contributed by atoms with E-state index in [-0.39, 0.29) is 5.91 Å². The first kappa shape index (κ1) is 13.5. The van der Waals surface area contributed by atoms with Gasteiger partial charge in [0.2, 0.25) is 0 Å². The summed E-state index contributed by atoms with van der Waals surface area (Å²) in [6.07, 6.45) is 1.54. The SMILES string of the molecule is C/C(=N\NC(=O)c1sc(=S)n(C)c1N)c1ccco1. The molecule has 0 fully saturated rings. The number of hydrazone groups is 1. The van der Waals surface area contributed by atoms with Gasteiger partial charge < -0.3 is 14.7 Å². The van der Waals surface area contributed by atoms with E-state index in [1.165, 1.54) is 6.26 Å². The lowest BCUT2D eigenvalue weighted by Crippen LogP contribution is -2.19. The second-order valence-electron chi connectivity index (χ2n) is 3.76. The quantitative estimate of drug-likeness (QED) is 0.516.